The molecule has 1 amide bonds. The van der Waals surface area contributed by atoms with Crippen molar-refractivity contribution in [1.82, 2.24) is 5.32 Å². The van der Waals surface area contributed by atoms with Gasteiger partial charge in [-0.25, -0.2) is 22.4 Å². The first-order chi connectivity index (χ1) is 17.6. The van der Waals surface area contributed by atoms with Crippen LogP contribution in [0.2, 0.25) is 0 Å². The summed E-state index contributed by atoms with van der Waals surface area (Å²) in [5.41, 5.74) is 1.28. The molecule has 6 nitrogen and oxygen atoms in total. The third-order valence-electron chi connectivity index (χ3n) is 5.65. The van der Waals surface area contributed by atoms with E-state index in [1.165, 1.54) is 12.1 Å². The van der Waals surface area contributed by atoms with Crippen LogP contribution in [0, 0.1) is 18.6 Å². The zero-order valence-corrected chi connectivity index (χ0v) is 20.3. The highest BCUT2D eigenvalue weighted by Gasteiger charge is 2.33. The third-order valence-corrected chi connectivity index (χ3v) is 5.97. The minimum absolute atomic E-state index is 0.0483. The highest BCUT2D eigenvalue weighted by atomic mass is 32.1. The van der Waals surface area contributed by atoms with Crippen LogP contribution in [0.25, 0.3) is 11.1 Å². The van der Waals surface area contributed by atoms with E-state index in [4.69, 9.17) is 4.74 Å². The summed E-state index contributed by atoms with van der Waals surface area (Å²) in [6, 6.07) is 15.4. The molecule has 1 aliphatic rings. The van der Waals surface area contributed by atoms with Crippen LogP contribution >= 0.6 is 12.2 Å². The maximum Gasteiger partial charge on any atom is 0.414 e. The van der Waals surface area contributed by atoms with Gasteiger partial charge in [0.05, 0.1) is 24.5 Å². The number of benzene rings is 2. The largest absolute Gasteiger partial charge is 0.442 e. The average molecular weight is 532 g/mol. The molecule has 37 heavy (non-hydrogen) atoms. The molecule has 1 saturated heterocycles. The molecular formula is C26H21F4N3O3S. The molecule has 192 valence electrons. The SMILES string of the molecule is Cc1ccc(-c2cccc(=O)c(Nc3c(F)cc(N4C[C@H](CNC(=S)C(F)F)OC4=O)cc3F)c2)cc1. The fraction of sp³-hybridized carbons (Fsp3) is 0.192. The molecule has 3 aromatic rings. The highest BCUT2D eigenvalue weighted by molar-refractivity contribution is 7.80. The second kappa shape index (κ2) is 11.0. The number of anilines is 3. The van der Waals surface area contributed by atoms with Gasteiger partial charge in [-0.1, -0.05) is 54.2 Å². The lowest BCUT2D eigenvalue weighted by Gasteiger charge is -2.16. The molecule has 11 heteroatoms. The molecular weight excluding hydrogens is 510 g/mol. The van der Waals surface area contributed by atoms with E-state index in [0.717, 1.165) is 28.2 Å². The number of halogens is 4. The molecule has 1 atom stereocenters. The number of nitrogens with zero attached hydrogens (tertiary/aromatic N) is 1. The number of hydrogen-bond donors (Lipinski definition) is 2. The van der Waals surface area contributed by atoms with Crippen LogP contribution in [0.5, 0.6) is 0 Å². The smallest absolute Gasteiger partial charge is 0.414 e. The van der Waals surface area contributed by atoms with Gasteiger partial charge in [0.2, 0.25) is 5.43 Å². The molecule has 4 rings (SSSR count). The summed E-state index contributed by atoms with van der Waals surface area (Å²) in [6.07, 6.45) is -4.62. The van der Waals surface area contributed by atoms with Gasteiger partial charge in [0.1, 0.15) is 16.8 Å². The summed E-state index contributed by atoms with van der Waals surface area (Å²) in [7, 11) is 0. The molecule has 0 unspecified atom stereocenters. The molecule has 1 heterocycles. The molecule has 3 aromatic carbocycles. The van der Waals surface area contributed by atoms with Gasteiger partial charge in [0.25, 0.3) is 6.43 Å². The average Bonchev–Trinajstić information content (AvgIpc) is 3.13. The van der Waals surface area contributed by atoms with Crippen LogP contribution in [0.1, 0.15) is 5.56 Å². The van der Waals surface area contributed by atoms with Gasteiger partial charge in [-0.05, 0) is 30.2 Å². The van der Waals surface area contributed by atoms with Crippen molar-refractivity contribution in [3.63, 3.8) is 0 Å². The Morgan fingerprint density at radius 2 is 1.73 bits per heavy atom. The molecule has 0 aromatic heterocycles. The minimum Gasteiger partial charge on any atom is -0.442 e. The second-order valence-electron chi connectivity index (χ2n) is 8.34. The summed E-state index contributed by atoms with van der Waals surface area (Å²) >= 11 is 4.48. The summed E-state index contributed by atoms with van der Waals surface area (Å²) in [4.78, 5) is 25.1. The minimum atomic E-state index is -2.86. The Kier molecular flexibility index (Phi) is 7.72. The maximum atomic E-state index is 15.0. The highest BCUT2D eigenvalue weighted by Crippen LogP contribution is 2.31. The van der Waals surface area contributed by atoms with Crippen molar-refractivity contribution in [3.05, 3.63) is 88.1 Å². The monoisotopic (exact) mass is 531 g/mol. The Balaban J connectivity index is 1.56. The van der Waals surface area contributed by atoms with Crippen molar-refractivity contribution < 1.29 is 27.1 Å². The van der Waals surface area contributed by atoms with E-state index in [9.17, 15) is 18.4 Å². The van der Waals surface area contributed by atoms with Crippen LogP contribution in [-0.2, 0) is 4.74 Å². The Morgan fingerprint density at radius 1 is 1.05 bits per heavy atom. The number of rotatable bonds is 7. The van der Waals surface area contributed by atoms with Crippen LogP contribution in [0.15, 0.2) is 65.5 Å². The molecule has 0 bridgehead atoms. The quantitative estimate of drug-likeness (QED) is 0.308. The second-order valence-corrected chi connectivity index (χ2v) is 8.78. The van der Waals surface area contributed by atoms with Crippen LogP contribution in [0.3, 0.4) is 0 Å². The Morgan fingerprint density at radius 3 is 2.38 bits per heavy atom. The molecule has 1 aliphatic heterocycles. The molecule has 2 N–H and O–H groups in total. The zero-order chi connectivity index (χ0) is 26.7. The number of ether oxygens (including phenoxy) is 1. The van der Waals surface area contributed by atoms with E-state index < -0.39 is 46.4 Å². The number of amides is 1. The molecule has 0 spiro atoms. The number of nitrogens with one attached hydrogen (secondary N) is 2. The molecule has 0 aliphatic carbocycles. The predicted octanol–water partition coefficient (Wildman–Crippen LogP) is 5.55. The van der Waals surface area contributed by atoms with E-state index in [1.807, 2.05) is 31.2 Å². The van der Waals surface area contributed by atoms with Gasteiger partial charge in [0.15, 0.2) is 11.6 Å². The van der Waals surface area contributed by atoms with Crippen molar-refractivity contribution in [3.8, 4) is 11.1 Å². The van der Waals surface area contributed by atoms with Gasteiger partial charge >= 0.3 is 6.09 Å². The van der Waals surface area contributed by atoms with E-state index in [-0.39, 0.29) is 24.5 Å². The topological polar surface area (TPSA) is 70.7 Å². The molecule has 1 fully saturated rings. The fourth-order valence-corrected chi connectivity index (χ4v) is 3.81. The van der Waals surface area contributed by atoms with E-state index >= 15 is 8.78 Å². The number of alkyl halides is 2. The lowest BCUT2D eigenvalue weighted by atomic mass is 10.1. The van der Waals surface area contributed by atoms with Crippen molar-refractivity contribution in [1.29, 1.82) is 0 Å². The van der Waals surface area contributed by atoms with E-state index in [0.29, 0.717) is 5.56 Å². The van der Waals surface area contributed by atoms with Crippen LogP contribution in [0.4, 0.5) is 39.4 Å². The van der Waals surface area contributed by atoms with Gasteiger partial charge in [0, 0.05) is 12.1 Å². The first kappa shape index (κ1) is 26.1. The number of carbonyl (C=O) groups excluding carboxylic acids is 1. The van der Waals surface area contributed by atoms with Crippen molar-refractivity contribution >= 4 is 40.4 Å². The summed E-state index contributed by atoms with van der Waals surface area (Å²) < 4.78 is 60.2. The Labute approximate surface area is 214 Å². The predicted molar refractivity (Wildman–Crippen MR) is 137 cm³/mol. The normalized spacial score (nSPS) is 15.0. The number of aryl methyl sites for hydroxylation is 1. The lowest BCUT2D eigenvalue weighted by molar-refractivity contribution is 0.142. The van der Waals surface area contributed by atoms with E-state index in [1.54, 1.807) is 12.1 Å². The maximum absolute atomic E-state index is 15.0. The Bertz CT molecular complexity index is 1380. The van der Waals surface area contributed by atoms with Crippen molar-refractivity contribution in [2.45, 2.75) is 19.5 Å². The first-order valence-electron chi connectivity index (χ1n) is 11.1. The van der Waals surface area contributed by atoms with Gasteiger partial charge in [-0.15, -0.1) is 0 Å². The first-order valence-corrected chi connectivity index (χ1v) is 11.5. The molecule has 0 saturated carbocycles. The molecule has 0 radical (unpaired) electrons. The number of cyclic esters (lactones) is 1. The number of carbonyl (C=O) groups is 1. The van der Waals surface area contributed by atoms with Crippen molar-refractivity contribution in [2.24, 2.45) is 0 Å². The van der Waals surface area contributed by atoms with Gasteiger partial charge < -0.3 is 15.4 Å². The third kappa shape index (κ3) is 6.05. The number of thiocarbonyl (C=S) groups is 1. The fourth-order valence-electron chi connectivity index (χ4n) is 3.73. The summed E-state index contributed by atoms with van der Waals surface area (Å²) in [6.45, 7) is 1.62. The van der Waals surface area contributed by atoms with Crippen LogP contribution in [-0.4, -0.2) is 36.7 Å². The summed E-state index contributed by atoms with van der Waals surface area (Å²) in [5, 5.41) is 4.83. The Hall–Kier alpha value is -3.99. The van der Waals surface area contributed by atoms with Crippen LogP contribution < -0.4 is 21.0 Å². The lowest BCUT2D eigenvalue weighted by Crippen LogP contribution is -2.36. The number of hydrogen-bond acceptors (Lipinski definition) is 5. The van der Waals surface area contributed by atoms with Crippen molar-refractivity contribution in [2.75, 3.05) is 23.3 Å². The van der Waals surface area contributed by atoms with Gasteiger partial charge in [-0.2, -0.15) is 0 Å². The standard InChI is InChI=1S/C26H21F4N3O3S/c1-14-5-7-15(8-6-14)16-3-2-4-22(34)21(9-16)32-23-19(27)10-17(11-20(23)28)33-13-18(36-26(33)35)12-31-25(37)24(29)30/h2-11,18,24H,12-13H2,1H3,(H,31,37)(H,32,34)/t18-/m0/s1. The van der Waals surface area contributed by atoms with E-state index in [2.05, 4.69) is 22.9 Å². The van der Waals surface area contributed by atoms with Gasteiger partial charge in [-0.3, -0.25) is 9.69 Å². The zero-order valence-electron chi connectivity index (χ0n) is 19.4. The summed E-state index contributed by atoms with van der Waals surface area (Å²) in [5.74, 6) is -2.10.